The first kappa shape index (κ1) is 14.4. The molecule has 1 rings (SSSR count). The number of aliphatic hydroxyl groups is 3. The molecule has 1 aliphatic heterocycles. The van der Waals surface area contributed by atoms with E-state index in [1.807, 2.05) is 11.8 Å². The Morgan fingerprint density at radius 3 is 2.35 bits per heavy atom. The molecule has 0 aromatic carbocycles. The molecule has 0 bridgehead atoms. The van der Waals surface area contributed by atoms with Gasteiger partial charge in [0.15, 0.2) is 0 Å². The van der Waals surface area contributed by atoms with E-state index in [0.29, 0.717) is 6.54 Å². The first-order chi connectivity index (χ1) is 8.02. The van der Waals surface area contributed by atoms with E-state index < -0.39 is 18.2 Å². The molecular weight excluding hydrogens is 224 g/mol. The van der Waals surface area contributed by atoms with Gasteiger partial charge in [-0.15, -0.1) is 0 Å². The topological polar surface area (TPSA) is 93.0 Å². The third-order valence-corrected chi connectivity index (χ3v) is 3.22. The van der Waals surface area contributed by atoms with Crippen LogP contribution in [0.5, 0.6) is 0 Å². The van der Waals surface area contributed by atoms with Gasteiger partial charge in [0.1, 0.15) is 0 Å². The first-order valence-corrected chi connectivity index (χ1v) is 6.00. The molecule has 4 N–H and O–H groups in total. The zero-order valence-electron chi connectivity index (χ0n) is 10.3. The molecule has 1 amide bonds. The van der Waals surface area contributed by atoms with Crippen LogP contribution < -0.4 is 5.32 Å². The van der Waals surface area contributed by atoms with Crippen molar-refractivity contribution in [1.29, 1.82) is 0 Å². The van der Waals surface area contributed by atoms with Gasteiger partial charge in [0.05, 0.1) is 30.9 Å². The Labute approximate surface area is 101 Å². The molecule has 1 unspecified atom stereocenters. The maximum atomic E-state index is 10.9. The van der Waals surface area contributed by atoms with E-state index in [-0.39, 0.29) is 25.1 Å². The first-order valence-electron chi connectivity index (χ1n) is 6.00. The lowest BCUT2D eigenvalue weighted by Gasteiger charge is -2.29. The molecule has 0 aromatic heterocycles. The van der Waals surface area contributed by atoms with E-state index in [0.717, 1.165) is 6.42 Å². The van der Waals surface area contributed by atoms with Gasteiger partial charge in [-0.3, -0.25) is 9.69 Å². The Balaban J connectivity index is 2.72. The fourth-order valence-electron chi connectivity index (χ4n) is 2.38. The van der Waals surface area contributed by atoms with Gasteiger partial charge in [0, 0.05) is 13.5 Å². The Hall–Kier alpha value is -0.690. The monoisotopic (exact) mass is 246 g/mol. The smallest absolute Gasteiger partial charge is 0.216 e. The molecule has 1 aliphatic rings. The fourth-order valence-corrected chi connectivity index (χ4v) is 2.38. The molecule has 1 heterocycles. The molecule has 100 valence electrons. The molecule has 0 spiro atoms. The van der Waals surface area contributed by atoms with E-state index in [4.69, 9.17) is 0 Å². The van der Waals surface area contributed by atoms with E-state index >= 15 is 0 Å². The molecular formula is C11H22N2O4. The van der Waals surface area contributed by atoms with Gasteiger partial charge in [-0.25, -0.2) is 0 Å². The van der Waals surface area contributed by atoms with Crippen LogP contribution in [0.2, 0.25) is 0 Å². The molecule has 1 fully saturated rings. The van der Waals surface area contributed by atoms with E-state index in [1.165, 1.54) is 6.92 Å². The SMILES string of the molecule is CCCN1C(CNC(C)=O)[C@@H](O)[C@H](O)[C@H]1CO. The van der Waals surface area contributed by atoms with Crippen LogP contribution in [0.4, 0.5) is 0 Å². The zero-order chi connectivity index (χ0) is 13.0. The molecule has 0 aromatic rings. The number of amides is 1. The number of hydrogen-bond donors (Lipinski definition) is 4. The summed E-state index contributed by atoms with van der Waals surface area (Å²) in [4.78, 5) is 12.7. The number of rotatable bonds is 5. The molecule has 6 heteroatoms. The number of carbonyl (C=O) groups excluding carboxylic acids is 1. The fraction of sp³-hybridized carbons (Fsp3) is 0.909. The number of aliphatic hydroxyl groups excluding tert-OH is 3. The third kappa shape index (κ3) is 3.16. The second-order valence-corrected chi connectivity index (χ2v) is 4.47. The van der Waals surface area contributed by atoms with Gasteiger partial charge in [-0.2, -0.15) is 0 Å². The second kappa shape index (κ2) is 6.30. The summed E-state index contributed by atoms with van der Waals surface area (Å²) in [6.07, 6.45) is -1.05. The third-order valence-electron chi connectivity index (χ3n) is 3.22. The van der Waals surface area contributed by atoms with E-state index in [9.17, 15) is 20.1 Å². The quantitative estimate of drug-likeness (QED) is 0.464. The minimum absolute atomic E-state index is 0.171. The lowest BCUT2D eigenvalue weighted by Crippen LogP contribution is -2.47. The van der Waals surface area contributed by atoms with Crippen molar-refractivity contribution in [3.8, 4) is 0 Å². The average Bonchev–Trinajstić information content (AvgIpc) is 2.50. The number of hydrogen-bond acceptors (Lipinski definition) is 5. The Kier molecular flexibility index (Phi) is 5.32. The van der Waals surface area contributed by atoms with Crippen LogP contribution in [0.1, 0.15) is 20.3 Å². The van der Waals surface area contributed by atoms with Crippen molar-refractivity contribution < 1.29 is 20.1 Å². The van der Waals surface area contributed by atoms with Gasteiger partial charge in [0.25, 0.3) is 0 Å². The van der Waals surface area contributed by atoms with Crippen LogP contribution in [-0.4, -0.2) is 70.1 Å². The van der Waals surface area contributed by atoms with Crippen molar-refractivity contribution in [3.63, 3.8) is 0 Å². The van der Waals surface area contributed by atoms with Crippen molar-refractivity contribution in [2.24, 2.45) is 0 Å². The summed E-state index contributed by atoms with van der Waals surface area (Å²) in [5, 5.41) is 31.6. The lowest BCUT2D eigenvalue weighted by atomic mass is 10.1. The minimum atomic E-state index is -0.967. The Bertz CT molecular complexity index is 262. The predicted octanol–water partition coefficient (Wildman–Crippen LogP) is -1.70. The molecule has 0 radical (unpaired) electrons. The van der Waals surface area contributed by atoms with Gasteiger partial charge >= 0.3 is 0 Å². The van der Waals surface area contributed by atoms with E-state index in [2.05, 4.69) is 5.32 Å². The molecule has 4 atom stereocenters. The maximum absolute atomic E-state index is 10.9. The second-order valence-electron chi connectivity index (χ2n) is 4.47. The standard InChI is InChI=1S/C11H22N2O4/c1-3-4-13-8(5-12-7(2)15)10(16)11(17)9(13)6-14/h8-11,14,16-17H,3-6H2,1-2H3,(H,12,15)/t8?,9-,10-,11-/m1/s1. The van der Waals surface area contributed by atoms with Gasteiger partial charge < -0.3 is 20.6 Å². The zero-order valence-corrected chi connectivity index (χ0v) is 10.3. The van der Waals surface area contributed by atoms with Crippen molar-refractivity contribution in [2.45, 2.75) is 44.6 Å². The summed E-state index contributed by atoms with van der Waals surface area (Å²) >= 11 is 0. The highest BCUT2D eigenvalue weighted by molar-refractivity contribution is 5.72. The highest BCUT2D eigenvalue weighted by Crippen LogP contribution is 2.25. The lowest BCUT2D eigenvalue weighted by molar-refractivity contribution is -0.119. The van der Waals surface area contributed by atoms with E-state index in [1.54, 1.807) is 0 Å². The van der Waals surface area contributed by atoms with Gasteiger partial charge in [-0.05, 0) is 13.0 Å². The van der Waals surface area contributed by atoms with Crippen LogP contribution in [0.15, 0.2) is 0 Å². The summed E-state index contributed by atoms with van der Waals surface area (Å²) in [7, 11) is 0. The Morgan fingerprint density at radius 2 is 1.88 bits per heavy atom. The summed E-state index contributed by atoms with van der Waals surface area (Å²) in [5.74, 6) is -0.171. The van der Waals surface area contributed by atoms with Crippen LogP contribution in [-0.2, 0) is 4.79 Å². The van der Waals surface area contributed by atoms with Gasteiger partial charge in [-0.1, -0.05) is 6.92 Å². The van der Waals surface area contributed by atoms with Crippen LogP contribution in [0.3, 0.4) is 0 Å². The summed E-state index contributed by atoms with van der Waals surface area (Å²) < 4.78 is 0. The maximum Gasteiger partial charge on any atom is 0.216 e. The van der Waals surface area contributed by atoms with Crippen molar-refractivity contribution in [2.75, 3.05) is 19.7 Å². The highest BCUT2D eigenvalue weighted by Gasteiger charge is 2.46. The van der Waals surface area contributed by atoms with Crippen LogP contribution in [0.25, 0.3) is 0 Å². The molecule has 17 heavy (non-hydrogen) atoms. The van der Waals surface area contributed by atoms with Crippen molar-refractivity contribution in [3.05, 3.63) is 0 Å². The van der Waals surface area contributed by atoms with Crippen molar-refractivity contribution in [1.82, 2.24) is 10.2 Å². The number of nitrogens with one attached hydrogen (secondary N) is 1. The highest BCUT2D eigenvalue weighted by atomic mass is 16.3. The van der Waals surface area contributed by atoms with Crippen LogP contribution >= 0.6 is 0 Å². The molecule has 0 saturated carbocycles. The Morgan fingerprint density at radius 1 is 1.29 bits per heavy atom. The van der Waals surface area contributed by atoms with Gasteiger partial charge in [0.2, 0.25) is 5.91 Å². The summed E-state index contributed by atoms with van der Waals surface area (Å²) in [6, 6.07) is -0.797. The minimum Gasteiger partial charge on any atom is -0.395 e. The number of carbonyl (C=O) groups is 1. The molecule has 1 saturated heterocycles. The summed E-state index contributed by atoms with van der Waals surface area (Å²) in [6.45, 7) is 4.15. The number of nitrogens with zero attached hydrogens (tertiary/aromatic N) is 1. The molecule has 6 nitrogen and oxygen atoms in total. The van der Waals surface area contributed by atoms with Crippen LogP contribution in [0, 0.1) is 0 Å². The summed E-state index contributed by atoms with van der Waals surface area (Å²) in [5.41, 5.74) is 0. The normalized spacial score (nSPS) is 33.9. The number of likely N-dealkylation sites (tertiary alicyclic amines) is 1. The predicted molar refractivity (Wildman–Crippen MR) is 62.4 cm³/mol. The largest absolute Gasteiger partial charge is 0.395 e. The average molecular weight is 246 g/mol. The molecule has 0 aliphatic carbocycles. The van der Waals surface area contributed by atoms with Crippen molar-refractivity contribution >= 4 is 5.91 Å².